The number of aliphatic carboxylic acids is 1. The molecule has 0 radical (unpaired) electrons. The van der Waals surface area contributed by atoms with E-state index in [9.17, 15) is 14.7 Å². The van der Waals surface area contributed by atoms with Crippen molar-refractivity contribution in [3.8, 4) is 0 Å². The van der Waals surface area contributed by atoms with E-state index in [-0.39, 0.29) is 6.54 Å². The topological polar surface area (TPSA) is 89.9 Å². The van der Waals surface area contributed by atoms with E-state index in [2.05, 4.69) is 5.32 Å². The molecule has 0 aliphatic heterocycles. The van der Waals surface area contributed by atoms with Crippen LogP contribution >= 0.6 is 0 Å². The minimum atomic E-state index is -1.04. The van der Waals surface area contributed by atoms with Crippen molar-refractivity contribution in [2.45, 2.75) is 45.3 Å². The highest BCUT2D eigenvalue weighted by Gasteiger charge is 2.23. The largest absolute Gasteiger partial charge is 0.480 e. The minimum absolute atomic E-state index is 0.136. The van der Waals surface area contributed by atoms with Gasteiger partial charge in [-0.1, -0.05) is 13.3 Å². The molecule has 6 heteroatoms. The zero-order valence-electron chi connectivity index (χ0n) is 10.9. The van der Waals surface area contributed by atoms with Gasteiger partial charge in [0.15, 0.2) is 0 Å². The SMILES string of the molecule is CCC[C@@H](NC(=O)N(C)CC(C)(C)O)C(=O)O. The molecule has 0 unspecified atom stereocenters. The van der Waals surface area contributed by atoms with Crippen molar-refractivity contribution in [3.05, 3.63) is 0 Å². The van der Waals surface area contributed by atoms with E-state index in [1.54, 1.807) is 13.8 Å². The van der Waals surface area contributed by atoms with Gasteiger partial charge in [0.2, 0.25) is 0 Å². The van der Waals surface area contributed by atoms with E-state index in [1.807, 2.05) is 6.92 Å². The number of urea groups is 1. The van der Waals surface area contributed by atoms with Gasteiger partial charge < -0.3 is 20.4 Å². The van der Waals surface area contributed by atoms with Crippen LogP contribution < -0.4 is 5.32 Å². The van der Waals surface area contributed by atoms with Crippen LogP contribution in [0.2, 0.25) is 0 Å². The maximum atomic E-state index is 11.7. The van der Waals surface area contributed by atoms with Gasteiger partial charge in [-0.15, -0.1) is 0 Å². The predicted molar refractivity (Wildman–Crippen MR) is 63.8 cm³/mol. The number of nitrogens with one attached hydrogen (secondary N) is 1. The predicted octanol–water partition coefficient (Wildman–Crippen LogP) is 0.652. The van der Waals surface area contributed by atoms with Gasteiger partial charge in [-0.2, -0.15) is 0 Å². The molecular weight excluding hydrogens is 224 g/mol. The normalized spacial score (nSPS) is 13.0. The summed E-state index contributed by atoms with van der Waals surface area (Å²) in [5.74, 6) is -1.04. The molecule has 0 heterocycles. The molecule has 1 atom stereocenters. The standard InChI is InChI=1S/C11H22N2O4/c1-5-6-8(9(14)15)12-10(16)13(4)7-11(2,3)17/h8,17H,5-7H2,1-4H3,(H,12,16)(H,14,15)/t8-/m1/s1. The molecule has 0 aliphatic rings. The number of rotatable bonds is 6. The summed E-state index contributed by atoms with van der Waals surface area (Å²) < 4.78 is 0. The molecule has 17 heavy (non-hydrogen) atoms. The van der Waals surface area contributed by atoms with Gasteiger partial charge in [-0.25, -0.2) is 9.59 Å². The molecule has 3 N–H and O–H groups in total. The third kappa shape index (κ3) is 6.78. The Morgan fingerprint density at radius 2 is 1.94 bits per heavy atom. The molecule has 0 spiro atoms. The van der Waals surface area contributed by atoms with Crippen molar-refractivity contribution in [2.24, 2.45) is 0 Å². The van der Waals surface area contributed by atoms with Crippen LogP contribution in [-0.2, 0) is 4.79 Å². The fourth-order valence-corrected chi connectivity index (χ4v) is 1.46. The van der Waals surface area contributed by atoms with Crippen LogP contribution in [0.4, 0.5) is 4.79 Å². The van der Waals surface area contributed by atoms with Gasteiger partial charge in [0.1, 0.15) is 6.04 Å². The molecule has 2 amide bonds. The molecule has 0 saturated heterocycles. The number of carbonyl (C=O) groups excluding carboxylic acids is 1. The summed E-state index contributed by atoms with van der Waals surface area (Å²) >= 11 is 0. The first-order valence-electron chi connectivity index (χ1n) is 5.64. The lowest BCUT2D eigenvalue weighted by Gasteiger charge is -2.27. The summed E-state index contributed by atoms with van der Waals surface area (Å²) in [6.45, 7) is 5.15. The van der Waals surface area contributed by atoms with Gasteiger partial charge in [0, 0.05) is 7.05 Å². The van der Waals surface area contributed by atoms with Crippen LogP contribution in [0, 0.1) is 0 Å². The zero-order valence-corrected chi connectivity index (χ0v) is 10.9. The van der Waals surface area contributed by atoms with Gasteiger partial charge in [0.25, 0.3) is 0 Å². The van der Waals surface area contributed by atoms with Crippen LogP contribution in [0.5, 0.6) is 0 Å². The van der Waals surface area contributed by atoms with E-state index in [4.69, 9.17) is 5.11 Å². The molecule has 6 nitrogen and oxygen atoms in total. The second-order valence-corrected chi connectivity index (χ2v) is 4.80. The first-order valence-corrected chi connectivity index (χ1v) is 5.64. The maximum Gasteiger partial charge on any atom is 0.326 e. The molecule has 0 aliphatic carbocycles. The Morgan fingerprint density at radius 1 is 1.41 bits per heavy atom. The lowest BCUT2D eigenvalue weighted by molar-refractivity contribution is -0.139. The smallest absolute Gasteiger partial charge is 0.326 e. The van der Waals surface area contributed by atoms with E-state index in [0.717, 1.165) is 0 Å². The third-order valence-corrected chi connectivity index (χ3v) is 2.14. The Hall–Kier alpha value is -1.30. The van der Waals surface area contributed by atoms with Gasteiger partial charge in [-0.05, 0) is 20.3 Å². The highest BCUT2D eigenvalue weighted by atomic mass is 16.4. The van der Waals surface area contributed by atoms with Crippen LogP contribution in [0.1, 0.15) is 33.6 Å². The quantitative estimate of drug-likeness (QED) is 0.642. The van der Waals surface area contributed by atoms with E-state index in [1.165, 1.54) is 11.9 Å². The van der Waals surface area contributed by atoms with Crippen molar-refractivity contribution in [1.29, 1.82) is 0 Å². The third-order valence-electron chi connectivity index (χ3n) is 2.14. The molecule has 0 fully saturated rings. The van der Waals surface area contributed by atoms with Crippen molar-refractivity contribution in [3.63, 3.8) is 0 Å². The number of nitrogens with zero attached hydrogens (tertiary/aromatic N) is 1. The van der Waals surface area contributed by atoms with Gasteiger partial charge in [-0.3, -0.25) is 0 Å². The number of likely N-dealkylation sites (N-methyl/N-ethyl adjacent to an activating group) is 1. The average Bonchev–Trinajstić information content (AvgIpc) is 2.13. The Kier molecular flexibility index (Phi) is 5.95. The fourth-order valence-electron chi connectivity index (χ4n) is 1.46. The summed E-state index contributed by atoms with van der Waals surface area (Å²) in [5.41, 5.74) is -1.00. The molecular formula is C11H22N2O4. The van der Waals surface area contributed by atoms with E-state index in [0.29, 0.717) is 12.8 Å². The van der Waals surface area contributed by atoms with E-state index >= 15 is 0 Å². The van der Waals surface area contributed by atoms with Crippen LogP contribution in [0.3, 0.4) is 0 Å². The number of hydrogen-bond acceptors (Lipinski definition) is 3. The Balaban J connectivity index is 4.35. The lowest BCUT2D eigenvalue weighted by Crippen LogP contribution is -2.49. The van der Waals surface area contributed by atoms with E-state index < -0.39 is 23.6 Å². The number of carboxylic acids is 1. The number of carbonyl (C=O) groups is 2. The first-order chi connectivity index (χ1) is 7.67. The molecule has 0 rings (SSSR count). The van der Waals surface area contributed by atoms with Crippen LogP contribution in [0.25, 0.3) is 0 Å². The second-order valence-electron chi connectivity index (χ2n) is 4.80. The van der Waals surface area contributed by atoms with Crippen LogP contribution in [-0.4, -0.2) is 52.3 Å². The Bertz CT molecular complexity index is 273. The first kappa shape index (κ1) is 15.7. The monoisotopic (exact) mass is 246 g/mol. The molecule has 0 saturated carbocycles. The summed E-state index contributed by atoms with van der Waals surface area (Å²) in [5, 5.41) is 20.8. The molecule has 100 valence electrons. The van der Waals surface area contributed by atoms with Gasteiger partial charge in [0.05, 0.1) is 12.1 Å². The Labute approximate surface area is 102 Å². The van der Waals surface area contributed by atoms with Gasteiger partial charge >= 0.3 is 12.0 Å². The zero-order chi connectivity index (χ0) is 13.6. The number of aliphatic hydroxyl groups is 1. The summed E-state index contributed by atoms with van der Waals surface area (Å²) in [7, 11) is 1.51. The van der Waals surface area contributed by atoms with Crippen LogP contribution in [0.15, 0.2) is 0 Å². The minimum Gasteiger partial charge on any atom is -0.480 e. The highest BCUT2D eigenvalue weighted by Crippen LogP contribution is 2.04. The Morgan fingerprint density at radius 3 is 2.29 bits per heavy atom. The summed E-state index contributed by atoms with van der Waals surface area (Å²) in [6.07, 6.45) is 1.06. The summed E-state index contributed by atoms with van der Waals surface area (Å²) in [6, 6.07) is -1.37. The molecule has 0 aromatic rings. The molecule has 0 aromatic heterocycles. The lowest BCUT2D eigenvalue weighted by atomic mass is 10.1. The molecule has 0 aromatic carbocycles. The maximum absolute atomic E-state index is 11.7. The second kappa shape index (κ2) is 6.44. The number of hydrogen-bond donors (Lipinski definition) is 3. The highest BCUT2D eigenvalue weighted by molar-refractivity contribution is 5.82. The van der Waals surface area contributed by atoms with Crippen molar-refractivity contribution < 1.29 is 19.8 Å². The van der Waals surface area contributed by atoms with Crippen molar-refractivity contribution in [1.82, 2.24) is 10.2 Å². The number of carboxylic acid groups (broad SMARTS) is 1. The molecule has 0 bridgehead atoms. The summed E-state index contributed by atoms with van der Waals surface area (Å²) in [4.78, 5) is 23.8. The van der Waals surface area contributed by atoms with Crippen molar-refractivity contribution in [2.75, 3.05) is 13.6 Å². The van der Waals surface area contributed by atoms with Crippen molar-refractivity contribution >= 4 is 12.0 Å². The average molecular weight is 246 g/mol. The number of amides is 2. The fraction of sp³-hybridized carbons (Fsp3) is 0.818.